The third kappa shape index (κ3) is 2.40. The minimum Gasteiger partial charge on any atom is -0.508 e. The van der Waals surface area contributed by atoms with Crippen molar-refractivity contribution in [3.05, 3.63) is 58.6 Å². The number of carbonyl (C=O) groups excluding carboxylic acids is 1. The van der Waals surface area contributed by atoms with Crippen molar-refractivity contribution in [2.24, 2.45) is 0 Å². The summed E-state index contributed by atoms with van der Waals surface area (Å²) in [5.41, 5.74) is 0.570. The van der Waals surface area contributed by atoms with Crippen molar-refractivity contribution >= 4 is 17.4 Å². The van der Waals surface area contributed by atoms with Gasteiger partial charge in [0.05, 0.1) is 5.56 Å². The molecule has 0 spiro atoms. The molecule has 2 N–H and O–H groups in total. The number of phenolic OH excluding ortho intramolecular Hbond substituents is 2. The average Bonchev–Trinajstić information content (AvgIpc) is 2.29. The monoisotopic (exact) mass is 248 g/mol. The molecule has 0 radical (unpaired) electrons. The zero-order chi connectivity index (χ0) is 12.4. The normalized spacial score (nSPS) is 10.2. The van der Waals surface area contributed by atoms with Gasteiger partial charge in [0, 0.05) is 16.7 Å². The summed E-state index contributed by atoms with van der Waals surface area (Å²) in [4.78, 5) is 12.0. The number of phenols is 2. The summed E-state index contributed by atoms with van der Waals surface area (Å²) in [6, 6.07) is 10.2. The molecule has 0 unspecified atom stereocenters. The Balaban J connectivity index is 2.40. The van der Waals surface area contributed by atoms with Crippen molar-refractivity contribution in [1.29, 1.82) is 0 Å². The van der Waals surface area contributed by atoms with Gasteiger partial charge in [0.1, 0.15) is 11.5 Å². The van der Waals surface area contributed by atoms with Gasteiger partial charge in [0.2, 0.25) is 0 Å². The lowest BCUT2D eigenvalue weighted by Crippen LogP contribution is -2.01. The van der Waals surface area contributed by atoms with Crippen LogP contribution in [0.5, 0.6) is 11.5 Å². The molecule has 86 valence electrons. The molecule has 17 heavy (non-hydrogen) atoms. The van der Waals surface area contributed by atoms with E-state index in [-0.39, 0.29) is 22.8 Å². The Hall–Kier alpha value is -2.00. The van der Waals surface area contributed by atoms with E-state index in [2.05, 4.69) is 0 Å². The molecule has 0 saturated carbocycles. The van der Waals surface area contributed by atoms with E-state index >= 15 is 0 Å². The number of ketones is 1. The highest BCUT2D eigenvalue weighted by atomic mass is 35.5. The van der Waals surface area contributed by atoms with E-state index in [9.17, 15) is 9.90 Å². The third-order valence-corrected chi connectivity index (χ3v) is 2.58. The molecule has 2 rings (SSSR count). The van der Waals surface area contributed by atoms with Crippen LogP contribution in [0.15, 0.2) is 42.5 Å². The van der Waals surface area contributed by atoms with Crippen LogP contribution in [0, 0.1) is 0 Å². The maximum atomic E-state index is 12.0. The quantitative estimate of drug-likeness (QED) is 0.804. The Morgan fingerprint density at radius 2 is 1.65 bits per heavy atom. The number of benzene rings is 2. The van der Waals surface area contributed by atoms with E-state index < -0.39 is 0 Å². The predicted molar refractivity (Wildman–Crippen MR) is 64.7 cm³/mol. The maximum absolute atomic E-state index is 12.0. The van der Waals surface area contributed by atoms with Crippen LogP contribution in [0.3, 0.4) is 0 Å². The first-order valence-corrected chi connectivity index (χ1v) is 5.28. The molecule has 2 aromatic carbocycles. The largest absolute Gasteiger partial charge is 0.508 e. The van der Waals surface area contributed by atoms with E-state index in [4.69, 9.17) is 16.7 Å². The van der Waals surface area contributed by atoms with Crippen LogP contribution in [-0.2, 0) is 0 Å². The third-order valence-electron chi connectivity index (χ3n) is 2.33. The summed E-state index contributed by atoms with van der Waals surface area (Å²) in [5.74, 6) is -0.653. The van der Waals surface area contributed by atoms with Gasteiger partial charge >= 0.3 is 0 Å². The Kier molecular flexibility index (Phi) is 3.02. The summed E-state index contributed by atoms with van der Waals surface area (Å²) in [6.07, 6.45) is 0. The number of carbonyl (C=O) groups is 1. The first-order valence-electron chi connectivity index (χ1n) is 4.90. The van der Waals surface area contributed by atoms with Gasteiger partial charge in [-0.1, -0.05) is 11.6 Å². The zero-order valence-electron chi connectivity index (χ0n) is 8.72. The van der Waals surface area contributed by atoms with E-state index in [0.29, 0.717) is 10.6 Å². The highest BCUT2D eigenvalue weighted by Crippen LogP contribution is 2.25. The lowest BCUT2D eigenvalue weighted by molar-refractivity contribution is 0.103. The summed E-state index contributed by atoms with van der Waals surface area (Å²) >= 11 is 5.72. The average molecular weight is 249 g/mol. The highest BCUT2D eigenvalue weighted by Gasteiger charge is 2.13. The summed E-state index contributed by atoms with van der Waals surface area (Å²) in [6.45, 7) is 0. The lowest BCUT2D eigenvalue weighted by atomic mass is 10.0. The summed E-state index contributed by atoms with van der Waals surface area (Å²) in [7, 11) is 0. The molecule has 0 aromatic heterocycles. The fourth-order valence-electron chi connectivity index (χ4n) is 1.47. The van der Waals surface area contributed by atoms with Gasteiger partial charge in [0.15, 0.2) is 5.78 Å². The van der Waals surface area contributed by atoms with E-state index in [1.54, 1.807) is 24.3 Å². The molecule has 2 aromatic rings. The van der Waals surface area contributed by atoms with Gasteiger partial charge in [0.25, 0.3) is 0 Å². The van der Waals surface area contributed by atoms with Crippen LogP contribution in [0.25, 0.3) is 0 Å². The second-order valence-electron chi connectivity index (χ2n) is 3.54. The van der Waals surface area contributed by atoms with Crippen molar-refractivity contribution in [1.82, 2.24) is 0 Å². The summed E-state index contributed by atoms with van der Waals surface area (Å²) < 4.78 is 0. The second kappa shape index (κ2) is 4.47. The Labute approximate surface area is 103 Å². The molecule has 0 aliphatic heterocycles. The minimum atomic E-state index is -0.320. The fraction of sp³-hybridized carbons (Fsp3) is 0. The van der Waals surface area contributed by atoms with Gasteiger partial charge in [-0.15, -0.1) is 0 Å². The van der Waals surface area contributed by atoms with Crippen LogP contribution in [0.2, 0.25) is 5.02 Å². The van der Waals surface area contributed by atoms with Gasteiger partial charge in [-0.2, -0.15) is 0 Å². The Morgan fingerprint density at radius 1 is 1.00 bits per heavy atom. The van der Waals surface area contributed by atoms with Crippen molar-refractivity contribution in [3.63, 3.8) is 0 Å². The molecular weight excluding hydrogens is 240 g/mol. The number of aromatic hydroxyl groups is 2. The van der Waals surface area contributed by atoms with Crippen LogP contribution >= 0.6 is 11.6 Å². The van der Waals surface area contributed by atoms with Crippen molar-refractivity contribution in [3.8, 4) is 11.5 Å². The van der Waals surface area contributed by atoms with Gasteiger partial charge in [-0.25, -0.2) is 0 Å². The van der Waals surface area contributed by atoms with Crippen LogP contribution < -0.4 is 0 Å². The maximum Gasteiger partial charge on any atom is 0.196 e. The van der Waals surface area contributed by atoms with E-state index in [0.717, 1.165) is 6.07 Å². The first kappa shape index (κ1) is 11.5. The molecule has 4 heteroatoms. The molecule has 0 aliphatic carbocycles. The first-order chi connectivity index (χ1) is 8.08. The van der Waals surface area contributed by atoms with Gasteiger partial charge in [-0.05, 0) is 36.4 Å². The zero-order valence-corrected chi connectivity index (χ0v) is 9.48. The standard InChI is InChI=1S/C13H9ClO3/c14-9-3-1-8(2-4-9)13(17)11-6-5-10(15)7-12(11)16/h1-7,15-16H. The summed E-state index contributed by atoms with van der Waals surface area (Å²) in [5, 5.41) is 19.2. The fourth-order valence-corrected chi connectivity index (χ4v) is 1.59. The smallest absolute Gasteiger partial charge is 0.196 e. The molecule has 0 saturated heterocycles. The lowest BCUT2D eigenvalue weighted by Gasteiger charge is -2.04. The Morgan fingerprint density at radius 3 is 2.24 bits per heavy atom. The number of hydrogen-bond acceptors (Lipinski definition) is 3. The van der Waals surface area contributed by atoms with Crippen LogP contribution in [0.4, 0.5) is 0 Å². The second-order valence-corrected chi connectivity index (χ2v) is 3.97. The SMILES string of the molecule is O=C(c1ccc(Cl)cc1)c1ccc(O)cc1O. The van der Waals surface area contributed by atoms with E-state index in [1.807, 2.05) is 0 Å². The molecule has 0 atom stereocenters. The molecule has 0 heterocycles. The topological polar surface area (TPSA) is 57.5 Å². The number of hydrogen-bond donors (Lipinski definition) is 2. The van der Waals surface area contributed by atoms with Crippen LogP contribution in [-0.4, -0.2) is 16.0 Å². The van der Waals surface area contributed by atoms with Crippen molar-refractivity contribution in [2.45, 2.75) is 0 Å². The van der Waals surface area contributed by atoms with Gasteiger partial charge in [-0.3, -0.25) is 4.79 Å². The predicted octanol–water partition coefficient (Wildman–Crippen LogP) is 2.98. The molecule has 0 bridgehead atoms. The highest BCUT2D eigenvalue weighted by molar-refractivity contribution is 6.30. The molecule has 0 fully saturated rings. The molecule has 0 amide bonds. The van der Waals surface area contributed by atoms with Crippen molar-refractivity contribution in [2.75, 3.05) is 0 Å². The minimum absolute atomic E-state index is 0.0878. The van der Waals surface area contributed by atoms with Crippen LogP contribution in [0.1, 0.15) is 15.9 Å². The Bertz CT molecular complexity index is 561. The molecule has 0 aliphatic rings. The van der Waals surface area contributed by atoms with Crippen molar-refractivity contribution < 1.29 is 15.0 Å². The molecular formula is C13H9ClO3. The van der Waals surface area contributed by atoms with Gasteiger partial charge < -0.3 is 10.2 Å². The molecule has 3 nitrogen and oxygen atoms in total. The van der Waals surface area contributed by atoms with E-state index in [1.165, 1.54) is 12.1 Å². The number of halogens is 1. The number of rotatable bonds is 2.